The number of rotatable bonds is 6. The van der Waals surface area contributed by atoms with Crippen LogP contribution in [0.2, 0.25) is 0 Å². The molecule has 0 amide bonds. The highest BCUT2D eigenvalue weighted by molar-refractivity contribution is 5.34. The van der Waals surface area contributed by atoms with E-state index in [9.17, 15) is 4.39 Å². The molecule has 0 radical (unpaired) electrons. The van der Waals surface area contributed by atoms with E-state index >= 15 is 0 Å². The van der Waals surface area contributed by atoms with E-state index in [1.807, 2.05) is 6.07 Å². The Morgan fingerprint density at radius 2 is 1.32 bits per heavy atom. The molecule has 1 heteroatoms. The molecule has 0 saturated heterocycles. The average Bonchev–Trinajstić information content (AvgIpc) is 2.45. The molecule has 19 heavy (non-hydrogen) atoms. The first kappa shape index (κ1) is 16.2. The van der Waals surface area contributed by atoms with Gasteiger partial charge in [0.1, 0.15) is 5.82 Å². The molecule has 0 aliphatic carbocycles. The molecule has 0 fully saturated rings. The van der Waals surface area contributed by atoms with Crippen LogP contribution in [0.25, 0.3) is 0 Å². The Labute approximate surface area is 118 Å². The van der Waals surface area contributed by atoms with E-state index in [0.717, 1.165) is 36.8 Å². The number of hydrogen-bond donors (Lipinski definition) is 0. The van der Waals surface area contributed by atoms with Crippen LogP contribution in [-0.4, -0.2) is 0 Å². The van der Waals surface area contributed by atoms with E-state index in [2.05, 4.69) is 47.6 Å². The summed E-state index contributed by atoms with van der Waals surface area (Å²) in [6.07, 6.45) is 4.03. The maximum atomic E-state index is 14.5. The summed E-state index contributed by atoms with van der Waals surface area (Å²) in [7, 11) is 0. The van der Waals surface area contributed by atoms with E-state index in [1.54, 1.807) is 6.07 Å². The molecule has 0 spiro atoms. The van der Waals surface area contributed by atoms with Gasteiger partial charge in [0.25, 0.3) is 0 Å². The van der Waals surface area contributed by atoms with Gasteiger partial charge in [-0.05, 0) is 53.7 Å². The van der Waals surface area contributed by atoms with Crippen molar-refractivity contribution in [3.05, 3.63) is 35.1 Å². The Bertz CT molecular complexity index is 412. The molecule has 0 heterocycles. The molecule has 1 aromatic carbocycles. The van der Waals surface area contributed by atoms with Crippen molar-refractivity contribution in [2.75, 3.05) is 0 Å². The highest BCUT2D eigenvalue weighted by atomic mass is 19.1. The first-order chi connectivity index (χ1) is 8.86. The zero-order chi connectivity index (χ0) is 14.7. The summed E-state index contributed by atoms with van der Waals surface area (Å²) in [4.78, 5) is 0. The van der Waals surface area contributed by atoms with Gasteiger partial charge >= 0.3 is 0 Å². The second-order valence-corrected chi connectivity index (χ2v) is 6.23. The maximum absolute atomic E-state index is 14.5. The van der Waals surface area contributed by atoms with E-state index in [1.165, 1.54) is 0 Å². The molecule has 0 unspecified atom stereocenters. The van der Waals surface area contributed by atoms with Gasteiger partial charge in [-0.2, -0.15) is 0 Å². The highest BCUT2D eigenvalue weighted by Gasteiger charge is 2.28. The lowest BCUT2D eigenvalue weighted by Gasteiger charge is -2.31. The monoisotopic (exact) mass is 264 g/mol. The summed E-state index contributed by atoms with van der Waals surface area (Å²) < 4.78 is 14.5. The molecule has 0 nitrogen and oxygen atoms in total. The molecule has 1 aromatic rings. The molecule has 0 bridgehead atoms. The van der Waals surface area contributed by atoms with E-state index in [4.69, 9.17) is 0 Å². The number of halogens is 1. The number of benzene rings is 1. The van der Waals surface area contributed by atoms with Gasteiger partial charge in [0.15, 0.2) is 0 Å². The lowest BCUT2D eigenvalue weighted by atomic mass is 9.74. The molecule has 0 saturated carbocycles. The van der Waals surface area contributed by atoms with Crippen LogP contribution in [0.4, 0.5) is 4.39 Å². The average molecular weight is 264 g/mol. The van der Waals surface area contributed by atoms with Crippen molar-refractivity contribution < 1.29 is 4.39 Å². The van der Waals surface area contributed by atoms with Gasteiger partial charge in [-0.15, -0.1) is 0 Å². The van der Waals surface area contributed by atoms with Crippen LogP contribution in [0.5, 0.6) is 0 Å². The minimum atomic E-state index is -0.0442. The predicted octanol–water partition coefficient (Wildman–Crippen LogP) is 5.98. The second-order valence-electron chi connectivity index (χ2n) is 6.23. The summed E-state index contributed by atoms with van der Waals surface area (Å²) in [6.45, 7) is 13.0. The summed E-state index contributed by atoms with van der Waals surface area (Å²) in [5.41, 5.74) is 2.05. The smallest absolute Gasteiger partial charge is 0.127 e. The van der Waals surface area contributed by atoms with Crippen molar-refractivity contribution in [3.63, 3.8) is 0 Å². The normalized spacial score (nSPS) is 12.8. The van der Waals surface area contributed by atoms with Gasteiger partial charge in [0, 0.05) is 0 Å². The van der Waals surface area contributed by atoms with Gasteiger partial charge < -0.3 is 0 Å². The largest absolute Gasteiger partial charge is 0.207 e. The van der Waals surface area contributed by atoms with Gasteiger partial charge in [-0.1, -0.05) is 53.7 Å². The van der Waals surface area contributed by atoms with Crippen LogP contribution in [0.15, 0.2) is 18.2 Å². The van der Waals surface area contributed by atoms with Crippen molar-refractivity contribution >= 4 is 0 Å². The van der Waals surface area contributed by atoms with Crippen molar-refractivity contribution in [2.45, 2.75) is 78.1 Å². The molecule has 0 N–H and O–H groups in total. The van der Waals surface area contributed by atoms with Crippen LogP contribution in [0, 0.1) is 5.82 Å². The molecular formula is C18H29F. The minimum Gasteiger partial charge on any atom is -0.207 e. The van der Waals surface area contributed by atoms with E-state index in [0.29, 0.717) is 0 Å². The van der Waals surface area contributed by atoms with Crippen molar-refractivity contribution in [1.82, 2.24) is 0 Å². The Balaban J connectivity index is 3.25. The summed E-state index contributed by atoms with van der Waals surface area (Å²) in [5, 5.41) is 0. The highest BCUT2D eigenvalue weighted by Crippen LogP contribution is 2.36. The fourth-order valence-electron chi connectivity index (χ4n) is 2.67. The van der Waals surface area contributed by atoms with Crippen molar-refractivity contribution in [2.24, 2.45) is 0 Å². The quantitative estimate of drug-likeness (QED) is 0.592. The summed E-state index contributed by atoms with van der Waals surface area (Å²) in [6, 6.07) is 5.92. The predicted molar refractivity (Wildman–Crippen MR) is 82.3 cm³/mol. The summed E-state index contributed by atoms with van der Waals surface area (Å²) in [5.74, 6) is -0.0307. The van der Waals surface area contributed by atoms with Gasteiger partial charge in [-0.25, -0.2) is 4.39 Å². The van der Waals surface area contributed by atoms with Gasteiger partial charge in [0.2, 0.25) is 0 Å². The fourth-order valence-corrected chi connectivity index (χ4v) is 2.67. The third kappa shape index (κ3) is 3.01. The standard InChI is InChI=1S/C18H29F/c1-7-17(5,8-2)14-11-12-15(16(19)13-14)18(6,9-3)10-4/h11-13H,7-10H2,1-6H3. The number of hydrogen-bond acceptors (Lipinski definition) is 0. The van der Waals surface area contributed by atoms with Crippen LogP contribution in [0.3, 0.4) is 0 Å². The first-order valence-corrected chi connectivity index (χ1v) is 7.67. The minimum absolute atomic E-state index is 0.0307. The topological polar surface area (TPSA) is 0 Å². The third-order valence-corrected chi connectivity index (χ3v) is 5.44. The molecule has 108 valence electrons. The van der Waals surface area contributed by atoms with E-state index in [-0.39, 0.29) is 16.6 Å². The lowest BCUT2D eigenvalue weighted by Crippen LogP contribution is -2.24. The molecule has 0 atom stereocenters. The first-order valence-electron chi connectivity index (χ1n) is 7.67. The van der Waals surface area contributed by atoms with Crippen LogP contribution >= 0.6 is 0 Å². The molecule has 0 aliphatic heterocycles. The SMILES string of the molecule is CCC(C)(CC)c1ccc(C(C)(CC)CC)c(F)c1. The van der Waals surface area contributed by atoms with Crippen molar-refractivity contribution in [3.8, 4) is 0 Å². The van der Waals surface area contributed by atoms with Crippen LogP contribution < -0.4 is 0 Å². The third-order valence-electron chi connectivity index (χ3n) is 5.44. The zero-order valence-electron chi connectivity index (χ0n) is 13.4. The summed E-state index contributed by atoms with van der Waals surface area (Å²) >= 11 is 0. The van der Waals surface area contributed by atoms with Gasteiger partial charge in [0.05, 0.1) is 0 Å². The lowest BCUT2D eigenvalue weighted by molar-refractivity contribution is 0.407. The molecule has 0 aromatic heterocycles. The molecule has 0 aliphatic rings. The Morgan fingerprint density at radius 1 is 0.842 bits per heavy atom. The molecule has 1 rings (SSSR count). The van der Waals surface area contributed by atoms with Crippen LogP contribution in [-0.2, 0) is 10.8 Å². The Morgan fingerprint density at radius 3 is 1.68 bits per heavy atom. The maximum Gasteiger partial charge on any atom is 0.127 e. The van der Waals surface area contributed by atoms with Gasteiger partial charge in [-0.3, -0.25) is 0 Å². The van der Waals surface area contributed by atoms with Crippen molar-refractivity contribution in [1.29, 1.82) is 0 Å². The fraction of sp³-hybridized carbons (Fsp3) is 0.667. The zero-order valence-corrected chi connectivity index (χ0v) is 13.4. The Hall–Kier alpha value is -0.850. The van der Waals surface area contributed by atoms with E-state index < -0.39 is 0 Å². The molecular weight excluding hydrogens is 235 g/mol. The second kappa shape index (κ2) is 6.07. The Kier molecular flexibility index (Phi) is 5.18. The van der Waals surface area contributed by atoms with Crippen LogP contribution in [0.1, 0.15) is 78.4 Å².